The van der Waals surface area contributed by atoms with Gasteiger partial charge < -0.3 is 43.9 Å². The van der Waals surface area contributed by atoms with Gasteiger partial charge in [0, 0.05) is 31.9 Å². The zero-order valence-electron chi connectivity index (χ0n) is 24.4. The van der Waals surface area contributed by atoms with Crippen LogP contribution in [0.25, 0.3) is 0 Å². The van der Waals surface area contributed by atoms with Gasteiger partial charge in [0.25, 0.3) is 0 Å². The van der Waals surface area contributed by atoms with Gasteiger partial charge in [-0.15, -0.1) is 0 Å². The van der Waals surface area contributed by atoms with Crippen LogP contribution in [0, 0.1) is 0 Å². The van der Waals surface area contributed by atoms with E-state index in [4.69, 9.17) is 33.6 Å². The minimum absolute atomic E-state index is 0.0400. The van der Waals surface area contributed by atoms with E-state index < -0.39 is 65.4 Å². The monoisotopic (exact) mass is 645 g/mol. The first-order valence-electron chi connectivity index (χ1n) is 13.5. The maximum atomic E-state index is 13.3. The highest BCUT2D eigenvalue weighted by Gasteiger charge is 2.72. The minimum atomic E-state index is -5.08. The number of likely N-dealkylation sites (tertiary alicyclic amines) is 1. The van der Waals surface area contributed by atoms with Crippen molar-refractivity contribution in [3.8, 4) is 11.5 Å². The van der Waals surface area contributed by atoms with Gasteiger partial charge >= 0.3 is 36.0 Å². The summed E-state index contributed by atoms with van der Waals surface area (Å²) in [4.78, 5) is 59.3. The Morgan fingerprint density at radius 3 is 2.20 bits per heavy atom. The topological polar surface area (TPSA) is 195 Å². The van der Waals surface area contributed by atoms with E-state index in [2.05, 4.69) is 4.90 Å². The number of hydrogen-bond acceptors (Lipinski definition) is 12. The van der Waals surface area contributed by atoms with Crippen LogP contribution >= 0.6 is 0 Å². The standard InChI is InChI=1S/C26H29NO11.C2HF3O2/c1-12(28)35-20(23(30)31)21(36-13(2)29)24(32)37-16-7-8-26(33)17-11-14-5-6-15(34-4)19-18(14)25(26,22(16)38-19)9-10-27(17)3;3-2(4,5)1(6)7/h5-7,17,20-22,33H,8-11H2,1-4H3,(H,30,31);(H,6,7)/t17-,20?,21?,22+,25+,26-;/m1./s1. The molecule has 0 radical (unpaired) electrons. The van der Waals surface area contributed by atoms with E-state index in [1.807, 2.05) is 13.1 Å². The number of rotatable bonds is 7. The van der Waals surface area contributed by atoms with Gasteiger partial charge in [0.05, 0.1) is 18.1 Å². The second kappa shape index (κ2) is 11.8. The van der Waals surface area contributed by atoms with Crippen LogP contribution in [0.2, 0.25) is 0 Å². The van der Waals surface area contributed by atoms with Gasteiger partial charge in [-0.25, -0.2) is 14.4 Å². The molecule has 1 spiro atoms. The maximum absolute atomic E-state index is 13.3. The van der Waals surface area contributed by atoms with Gasteiger partial charge in [0.15, 0.2) is 17.6 Å². The third kappa shape index (κ3) is 5.65. The Bertz CT molecular complexity index is 1460. The number of hydrogen-bond donors (Lipinski definition) is 3. The van der Waals surface area contributed by atoms with Crippen molar-refractivity contribution in [3.05, 3.63) is 35.1 Å². The van der Waals surface area contributed by atoms with Crippen molar-refractivity contribution in [2.45, 2.75) is 74.7 Å². The molecular formula is C28H30F3NO13. The van der Waals surface area contributed by atoms with E-state index in [1.165, 1.54) is 7.11 Å². The largest absolute Gasteiger partial charge is 0.493 e. The summed E-state index contributed by atoms with van der Waals surface area (Å²) in [6.07, 6.45) is -7.47. The van der Waals surface area contributed by atoms with E-state index >= 15 is 0 Å². The highest BCUT2D eigenvalue weighted by molar-refractivity contribution is 5.88. The molecule has 2 heterocycles. The van der Waals surface area contributed by atoms with Gasteiger partial charge in [-0.05, 0) is 44.1 Å². The number of likely N-dealkylation sites (N-methyl/N-ethyl adjacent to an activating group) is 1. The molecule has 14 nitrogen and oxygen atoms in total. The van der Waals surface area contributed by atoms with Gasteiger partial charge in [-0.2, -0.15) is 13.2 Å². The minimum Gasteiger partial charge on any atom is -0.493 e. The van der Waals surface area contributed by atoms with Gasteiger partial charge in [0.2, 0.25) is 12.2 Å². The molecule has 4 aliphatic rings. The number of esters is 3. The molecule has 2 bridgehead atoms. The van der Waals surface area contributed by atoms with Crippen molar-refractivity contribution in [3.63, 3.8) is 0 Å². The first-order chi connectivity index (χ1) is 20.9. The average Bonchev–Trinajstić information content (AvgIpc) is 3.29. The van der Waals surface area contributed by atoms with Crippen LogP contribution in [0.4, 0.5) is 13.2 Å². The highest BCUT2D eigenvalue weighted by atomic mass is 19.4. The summed E-state index contributed by atoms with van der Waals surface area (Å²) in [6.45, 7) is 2.59. The van der Waals surface area contributed by atoms with E-state index in [0.29, 0.717) is 30.9 Å². The van der Waals surface area contributed by atoms with Crippen molar-refractivity contribution < 1.29 is 76.1 Å². The van der Waals surface area contributed by atoms with Gasteiger partial charge in [0.1, 0.15) is 5.76 Å². The van der Waals surface area contributed by atoms with Crippen LogP contribution in [0.15, 0.2) is 24.0 Å². The number of aliphatic carboxylic acids is 2. The molecule has 1 fully saturated rings. The number of carboxylic acid groups (broad SMARTS) is 2. The Hall–Kier alpha value is -4.38. The Labute approximate surface area is 253 Å². The third-order valence-electron chi connectivity index (χ3n) is 8.36. The van der Waals surface area contributed by atoms with E-state index in [1.54, 1.807) is 12.1 Å². The third-order valence-corrected chi connectivity index (χ3v) is 8.36. The predicted octanol–water partition coefficient (Wildman–Crippen LogP) is 1.10. The van der Waals surface area contributed by atoms with Crippen molar-refractivity contribution in [2.24, 2.45) is 0 Å². The van der Waals surface area contributed by atoms with Gasteiger partial charge in [-0.1, -0.05) is 6.07 Å². The molecule has 0 saturated carbocycles. The second-order valence-electron chi connectivity index (χ2n) is 10.9. The first kappa shape index (κ1) is 33.5. The molecule has 45 heavy (non-hydrogen) atoms. The molecule has 17 heteroatoms. The fraction of sp³-hybridized carbons (Fsp3) is 0.536. The molecule has 0 aromatic heterocycles. The van der Waals surface area contributed by atoms with E-state index in [-0.39, 0.29) is 18.2 Å². The molecule has 246 valence electrons. The zero-order valence-corrected chi connectivity index (χ0v) is 24.4. The van der Waals surface area contributed by atoms with Crippen molar-refractivity contribution >= 4 is 29.8 Å². The van der Waals surface area contributed by atoms with Crippen LogP contribution in [0.3, 0.4) is 0 Å². The Balaban J connectivity index is 0.000000591. The molecule has 0 amide bonds. The van der Waals surface area contributed by atoms with Crippen LogP contribution in [-0.4, -0.2) is 107 Å². The van der Waals surface area contributed by atoms with Crippen molar-refractivity contribution in [1.82, 2.24) is 4.90 Å². The zero-order chi connectivity index (χ0) is 33.6. The van der Waals surface area contributed by atoms with Crippen LogP contribution in [-0.2, 0) is 50.0 Å². The quantitative estimate of drug-likeness (QED) is 0.282. The van der Waals surface area contributed by atoms with Crippen molar-refractivity contribution in [2.75, 3.05) is 20.7 Å². The lowest BCUT2D eigenvalue weighted by Gasteiger charge is -2.61. The smallest absolute Gasteiger partial charge is 0.490 e. The summed E-state index contributed by atoms with van der Waals surface area (Å²) >= 11 is 0. The van der Waals surface area contributed by atoms with Crippen LogP contribution in [0.5, 0.6) is 11.5 Å². The Morgan fingerprint density at radius 2 is 1.67 bits per heavy atom. The normalized spacial score (nSPS) is 27.2. The summed E-state index contributed by atoms with van der Waals surface area (Å²) < 4.78 is 59.0. The predicted molar refractivity (Wildman–Crippen MR) is 140 cm³/mol. The average molecular weight is 646 g/mol. The SMILES string of the molecule is COc1ccc2c3c1O[C@H]1C(OC(=O)C(OC(C)=O)C(OC(C)=O)C(=O)O)=CC[C@@]4(O)[C@@H](C2)N(C)CC[C@]314.O=C(O)C(F)(F)F. The Morgan fingerprint density at radius 1 is 1.07 bits per heavy atom. The second-order valence-corrected chi connectivity index (χ2v) is 10.9. The Kier molecular flexibility index (Phi) is 8.82. The summed E-state index contributed by atoms with van der Waals surface area (Å²) in [5, 5.41) is 28.9. The van der Waals surface area contributed by atoms with Gasteiger partial charge in [-0.3, -0.25) is 9.59 Å². The summed E-state index contributed by atoms with van der Waals surface area (Å²) in [5.41, 5.74) is -0.404. The van der Waals surface area contributed by atoms with E-state index in [9.17, 15) is 42.6 Å². The lowest BCUT2D eigenvalue weighted by Crippen LogP contribution is -2.74. The molecule has 2 aliphatic carbocycles. The fourth-order valence-electron chi connectivity index (χ4n) is 6.59. The molecule has 5 rings (SSSR count). The maximum Gasteiger partial charge on any atom is 0.490 e. The number of carbonyl (C=O) groups excluding carboxylic acids is 3. The molecule has 6 atom stereocenters. The fourth-order valence-corrected chi connectivity index (χ4v) is 6.59. The number of nitrogens with zero attached hydrogens (tertiary/aromatic N) is 1. The number of piperidine rings is 1. The van der Waals surface area contributed by atoms with E-state index in [0.717, 1.165) is 25.0 Å². The number of ether oxygens (including phenoxy) is 5. The van der Waals surface area contributed by atoms with Crippen molar-refractivity contribution in [1.29, 1.82) is 0 Å². The number of benzene rings is 1. The van der Waals surface area contributed by atoms with Crippen LogP contribution in [0.1, 0.15) is 37.8 Å². The molecule has 3 N–H and O–H groups in total. The lowest BCUT2D eigenvalue weighted by atomic mass is 9.50. The summed E-state index contributed by atoms with van der Waals surface area (Å²) in [5.74, 6) is -6.70. The summed E-state index contributed by atoms with van der Waals surface area (Å²) in [6, 6.07) is 3.52. The number of carboxylic acids is 2. The lowest BCUT2D eigenvalue weighted by molar-refractivity contribution is -0.192. The molecule has 1 aromatic carbocycles. The number of alkyl halides is 3. The van der Waals surface area contributed by atoms with Crippen LogP contribution < -0.4 is 9.47 Å². The molecular weight excluding hydrogens is 615 g/mol. The number of methoxy groups -OCH3 is 1. The molecule has 1 saturated heterocycles. The number of aliphatic hydroxyl groups is 1. The molecule has 2 aliphatic heterocycles. The highest BCUT2D eigenvalue weighted by Crippen LogP contribution is 2.65. The molecule has 2 unspecified atom stereocenters. The number of halogens is 3. The number of carbonyl (C=O) groups is 5. The first-order valence-corrected chi connectivity index (χ1v) is 13.5. The summed E-state index contributed by atoms with van der Waals surface area (Å²) in [7, 11) is 3.47. The molecule has 1 aromatic rings.